The zero-order valence-electron chi connectivity index (χ0n) is 14.4. The van der Waals surface area contributed by atoms with Crippen molar-refractivity contribution < 1.29 is 9.84 Å². The maximum atomic E-state index is 10.8. The Balaban J connectivity index is 2.07. The van der Waals surface area contributed by atoms with Gasteiger partial charge in [0.2, 0.25) is 5.96 Å². The van der Waals surface area contributed by atoms with E-state index in [1.54, 1.807) is 32.0 Å². The number of ether oxygens (including phenoxy) is 1. The van der Waals surface area contributed by atoms with Gasteiger partial charge >= 0.3 is 0 Å². The van der Waals surface area contributed by atoms with Gasteiger partial charge in [0.25, 0.3) is 0 Å². The predicted octanol–water partition coefficient (Wildman–Crippen LogP) is 1.65. The third-order valence-corrected chi connectivity index (χ3v) is 4.68. The number of likely N-dealkylation sites (tertiary alicyclic amines) is 1. The Morgan fingerprint density at radius 2 is 2.08 bits per heavy atom. The molecule has 7 heteroatoms. The Morgan fingerprint density at radius 1 is 1.36 bits per heavy atom. The maximum absolute atomic E-state index is 10.8. The highest BCUT2D eigenvalue weighted by molar-refractivity contribution is 5.82. The van der Waals surface area contributed by atoms with Crippen LogP contribution in [0.15, 0.2) is 23.2 Å². The van der Waals surface area contributed by atoms with Crippen LogP contribution in [0.4, 0.5) is 0 Å². The van der Waals surface area contributed by atoms with E-state index in [1.165, 1.54) is 0 Å². The van der Waals surface area contributed by atoms with Crippen molar-refractivity contribution in [1.82, 2.24) is 10.2 Å². The van der Waals surface area contributed by atoms with Crippen LogP contribution in [-0.2, 0) is 0 Å². The number of aliphatic hydroxyl groups is 1. The van der Waals surface area contributed by atoms with E-state index < -0.39 is 17.7 Å². The van der Waals surface area contributed by atoms with E-state index >= 15 is 0 Å². The molecule has 0 aliphatic carbocycles. The third kappa shape index (κ3) is 3.24. The number of aliphatic imine (C=N–C) groups is 1. The average Bonchev–Trinajstić information content (AvgIpc) is 3.12. The first-order valence-electron chi connectivity index (χ1n) is 8.35. The van der Waals surface area contributed by atoms with Gasteiger partial charge in [0.15, 0.2) is 6.19 Å². The highest BCUT2D eigenvalue weighted by Gasteiger charge is 2.43. The van der Waals surface area contributed by atoms with E-state index in [2.05, 4.69) is 16.4 Å². The molecule has 1 aromatic carbocycles. The number of hydrogen-bond acceptors (Lipinski definition) is 5. The molecule has 0 spiro atoms. The van der Waals surface area contributed by atoms with Gasteiger partial charge in [-0.3, -0.25) is 5.32 Å². The molecule has 2 aliphatic rings. The molecule has 2 unspecified atom stereocenters. The van der Waals surface area contributed by atoms with Crippen molar-refractivity contribution in [2.24, 2.45) is 4.99 Å². The molecule has 25 heavy (non-hydrogen) atoms. The van der Waals surface area contributed by atoms with E-state index in [0.717, 1.165) is 25.9 Å². The molecule has 0 aromatic heterocycles. The molecule has 0 saturated carbocycles. The van der Waals surface area contributed by atoms with Crippen LogP contribution >= 0.6 is 0 Å². The second kappa shape index (κ2) is 6.62. The summed E-state index contributed by atoms with van der Waals surface area (Å²) in [6, 6.07) is 6.59. The van der Waals surface area contributed by atoms with Gasteiger partial charge in [-0.15, -0.1) is 0 Å². The molecule has 2 aliphatic heterocycles. The van der Waals surface area contributed by atoms with Crippen molar-refractivity contribution in [3.05, 3.63) is 29.3 Å². The lowest BCUT2D eigenvalue weighted by Crippen LogP contribution is -2.49. The summed E-state index contributed by atoms with van der Waals surface area (Å²) < 4.78 is 5.90. The number of nitrogens with zero attached hydrogens (tertiary/aromatic N) is 4. The minimum absolute atomic E-state index is 0.454. The fourth-order valence-electron chi connectivity index (χ4n) is 3.28. The molecular weight excluding hydrogens is 318 g/mol. The predicted molar refractivity (Wildman–Crippen MR) is 91.6 cm³/mol. The fraction of sp³-hybridized carbons (Fsp3) is 0.500. The number of aliphatic hydroxyl groups excluding tert-OH is 1. The summed E-state index contributed by atoms with van der Waals surface area (Å²) in [5.74, 6) is 1.05. The van der Waals surface area contributed by atoms with Crippen molar-refractivity contribution in [3.63, 3.8) is 0 Å². The van der Waals surface area contributed by atoms with Crippen LogP contribution < -0.4 is 10.1 Å². The molecule has 1 aromatic rings. The molecule has 2 heterocycles. The zero-order chi connectivity index (χ0) is 18.0. The van der Waals surface area contributed by atoms with Crippen LogP contribution in [0.5, 0.6) is 5.75 Å². The first-order valence-corrected chi connectivity index (χ1v) is 8.35. The van der Waals surface area contributed by atoms with Gasteiger partial charge in [0, 0.05) is 18.7 Å². The zero-order valence-corrected chi connectivity index (χ0v) is 14.4. The molecule has 1 saturated heterocycles. The topological polar surface area (TPSA) is 105 Å². The summed E-state index contributed by atoms with van der Waals surface area (Å²) in [4.78, 5) is 6.68. The number of benzene rings is 1. The molecule has 0 amide bonds. The molecular formula is C18H21N5O2. The van der Waals surface area contributed by atoms with Crippen LogP contribution in [0.3, 0.4) is 0 Å². The summed E-state index contributed by atoms with van der Waals surface area (Å²) in [6.07, 6.45) is 3.11. The molecule has 1 fully saturated rings. The lowest BCUT2D eigenvalue weighted by molar-refractivity contribution is -0.0568. The summed E-state index contributed by atoms with van der Waals surface area (Å²) in [7, 11) is 0. The second-order valence-corrected chi connectivity index (χ2v) is 6.84. The second-order valence-electron chi connectivity index (χ2n) is 6.84. The van der Waals surface area contributed by atoms with Gasteiger partial charge in [0.1, 0.15) is 23.5 Å². The minimum atomic E-state index is -0.910. The third-order valence-electron chi connectivity index (χ3n) is 4.68. The Kier molecular flexibility index (Phi) is 4.52. The minimum Gasteiger partial charge on any atom is -0.485 e. The summed E-state index contributed by atoms with van der Waals surface area (Å²) >= 11 is 0. The molecule has 130 valence electrons. The van der Waals surface area contributed by atoms with E-state index in [4.69, 9.17) is 10.00 Å². The van der Waals surface area contributed by atoms with Gasteiger partial charge in [-0.2, -0.15) is 10.5 Å². The van der Waals surface area contributed by atoms with Crippen molar-refractivity contribution in [3.8, 4) is 18.0 Å². The number of guanidine groups is 1. The van der Waals surface area contributed by atoms with Gasteiger partial charge in [-0.25, -0.2) is 4.99 Å². The van der Waals surface area contributed by atoms with Crippen LogP contribution in [0.2, 0.25) is 0 Å². The fourth-order valence-corrected chi connectivity index (χ4v) is 3.28. The number of nitriles is 2. The lowest BCUT2D eigenvalue weighted by Gasteiger charge is -2.41. The lowest BCUT2D eigenvalue weighted by atomic mass is 9.86. The van der Waals surface area contributed by atoms with Gasteiger partial charge in [-0.05, 0) is 44.9 Å². The number of fused-ring (bicyclic) bond motifs is 1. The Morgan fingerprint density at radius 3 is 2.72 bits per heavy atom. The Hall–Kier alpha value is -2.77. The normalized spacial score (nSPS) is 24.7. The molecule has 2 N–H and O–H groups in total. The number of nitrogens with one attached hydrogen (secondary N) is 1. The summed E-state index contributed by atoms with van der Waals surface area (Å²) in [5, 5.41) is 31.7. The van der Waals surface area contributed by atoms with Gasteiger partial charge < -0.3 is 14.7 Å². The molecule has 7 nitrogen and oxygen atoms in total. The summed E-state index contributed by atoms with van der Waals surface area (Å²) in [6.45, 7) is 5.24. The van der Waals surface area contributed by atoms with Crippen LogP contribution in [0.1, 0.15) is 43.9 Å². The van der Waals surface area contributed by atoms with Crippen molar-refractivity contribution in [1.29, 1.82) is 10.5 Å². The van der Waals surface area contributed by atoms with E-state index in [0.29, 0.717) is 22.8 Å². The van der Waals surface area contributed by atoms with E-state index in [1.807, 2.05) is 11.1 Å². The van der Waals surface area contributed by atoms with E-state index in [9.17, 15) is 10.4 Å². The SMILES string of the molecule is CC1(C)Oc2ccc(C#N)cc2C(N=C(NC#N)N2CCCC2)C1O. The Bertz CT molecular complexity index is 769. The van der Waals surface area contributed by atoms with Crippen molar-refractivity contribution >= 4 is 5.96 Å². The molecule has 0 radical (unpaired) electrons. The number of hydrogen-bond donors (Lipinski definition) is 2. The number of rotatable bonds is 1. The van der Waals surface area contributed by atoms with Gasteiger partial charge in [0.05, 0.1) is 11.6 Å². The first-order chi connectivity index (χ1) is 12.0. The van der Waals surface area contributed by atoms with Crippen LogP contribution in [-0.4, -0.2) is 40.8 Å². The van der Waals surface area contributed by atoms with Crippen molar-refractivity contribution in [2.45, 2.75) is 44.4 Å². The highest BCUT2D eigenvalue weighted by atomic mass is 16.5. The van der Waals surface area contributed by atoms with E-state index in [-0.39, 0.29) is 0 Å². The highest BCUT2D eigenvalue weighted by Crippen LogP contribution is 2.42. The van der Waals surface area contributed by atoms with Crippen molar-refractivity contribution in [2.75, 3.05) is 13.1 Å². The maximum Gasteiger partial charge on any atom is 0.208 e. The average molecular weight is 339 g/mol. The molecule has 3 rings (SSSR count). The first kappa shape index (κ1) is 17.1. The summed E-state index contributed by atoms with van der Waals surface area (Å²) in [5.41, 5.74) is 0.297. The molecule has 2 atom stereocenters. The van der Waals surface area contributed by atoms with Gasteiger partial charge in [-0.1, -0.05) is 0 Å². The largest absolute Gasteiger partial charge is 0.485 e. The van der Waals surface area contributed by atoms with Crippen LogP contribution in [0, 0.1) is 22.8 Å². The monoisotopic (exact) mass is 339 g/mol. The Labute approximate surface area is 147 Å². The smallest absolute Gasteiger partial charge is 0.208 e. The molecule has 0 bridgehead atoms. The van der Waals surface area contributed by atoms with Crippen LogP contribution in [0.25, 0.3) is 0 Å². The quantitative estimate of drug-likeness (QED) is 0.349. The standard InChI is InChI=1S/C18H21N5O2/c1-18(2)16(24)15(13-9-12(10-19)5-6-14(13)25-18)22-17(21-11-20)23-7-3-4-8-23/h5-6,9,15-16,24H,3-4,7-8H2,1-2H3,(H,21,22).